The smallest absolute Gasteiger partial charge is 0.322 e. The van der Waals surface area contributed by atoms with Crippen molar-refractivity contribution in [3.05, 3.63) is 16.3 Å². The van der Waals surface area contributed by atoms with E-state index in [9.17, 15) is 4.79 Å². The standard InChI is InChI=1S/C12H20N2O2S/c1-8(2)6-10(12(15)16-3)14-7-11-9(13)4-5-17-11/h4-5,8,10,14H,6-7,13H2,1-3H3. The van der Waals surface area contributed by atoms with Crippen LogP contribution in [-0.4, -0.2) is 19.1 Å². The second kappa shape index (κ2) is 6.61. The third-order valence-corrected chi connectivity index (χ3v) is 3.42. The molecule has 1 aromatic heterocycles. The molecule has 1 heterocycles. The van der Waals surface area contributed by atoms with E-state index in [1.165, 1.54) is 7.11 Å². The molecule has 1 atom stereocenters. The van der Waals surface area contributed by atoms with E-state index in [0.717, 1.165) is 17.0 Å². The van der Waals surface area contributed by atoms with E-state index < -0.39 is 0 Å². The second-order valence-electron chi connectivity index (χ2n) is 4.39. The molecule has 1 unspecified atom stereocenters. The molecule has 0 amide bonds. The van der Waals surface area contributed by atoms with E-state index in [4.69, 9.17) is 10.5 Å². The molecule has 1 rings (SSSR count). The Labute approximate surface area is 106 Å². The molecule has 5 heteroatoms. The van der Waals surface area contributed by atoms with Crippen LogP contribution in [0.25, 0.3) is 0 Å². The number of nitrogens with two attached hydrogens (primary N) is 1. The minimum atomic E-state index is -0.263. The summed E-state index contributed by atoms with van der Waals surface area (Å²) in [4.78, 5) is 12.6. The Kier molecular flexibility index (Phi) is 5.44. The van der Waals surface area contributed by atoms with Crippen LogP contribution in [0.4, 0.5) is 5.69 Å². The predicted octanol–water partition coefficient (Wildman–Crippen LogP) is 2.01. The SMILES string of the molecule is COC(=O)C(CC(C)C)NCc1sccc1N. The zero-order valence-electron chi connectivity index (χ0n) is 10.5. The maximum atomic E-state index is 11.6. The van der Waals surface area contributed by atoms with Gasteiger partial charge in [-0.25, -0.2) is 0 Å². The van der Waals surface area contributed by atoms with Crippen molar-refractivity contribution in [3.8, 4) is 0 Å². The number of thiophene rings is 1. The van der Waals surface area contributed by atoms with Crippen molar-refractivity contribution in [2.45, 2.75) is 32.9 Å². The first-order valence-corrected chi connectivity index (χ1v) is 6.55. The largest absolute Gasteiger partial charge is 0.468 e. The third-order valence-electron chi connectivity index (χ3n) is 2.48. The number of rotatable bonds is 6. The van der Waals surface area contributed by atoms with Gasteiger partial charge in [-0.1, -0.05) is 13.8 Å². The lowest BCUT2D eigenvalue weighted by Gasteiger charge is -2.18. The number of esters is 1. The van der Waals surface area contributed by atoms with Gasteiger partial charge in [0.25, 0.3) is 0 Å². The first-order chi connectivity index (χ1) is 8.04. The fraction of sp³-hybridized carbons (Fsp3) is 0.583. The summed E-state index contributed by atoms with van der Waals surface area (Å²) in [5.74, 6) is 0.223. The number of ether oxygens (including phenoxy) is 1. The molecular formula is C12H20N2O2S. The molecule has 1 aromatic rings. The van der Waals surface area contributed by atoms with Gasteiger partial charge in [-0.05, 0) is 23.8 Å². The average molecular weight is 256 g/mol. The number of carbonyl (C=O) groups excluding carboxylic acids is 1. The van der Waals surface area contributed by atoms with Crippen molar-refractivity contribution in [1.82, 2.24) is 5.32 Å². The molecule has 96 valence electrons. The number of carbonyl (C=O) groups is 1. The number of hydrogen-bond donors (Lipinski definition) is 2. The van der Waals surface area contributed by atoms with E-state index in [2.05, 4.69) is 19.2 Å². The lowest BCUT2D eigenvalue weighted by molar-refractivity contribution is -0.143. The molecule has 4 nitrogen and oxygen atoms in total. The number of nitrogens with one attached hydrogen (secondary N) is 1. The summed E-state index contributed by atoms with van der Waals surface area (Å²) in [7, 11) is 1.41. The number of hydrogen-bond acceptors (Lipinski definition) is 5. The first-order valence-electron chi connectivity index (χ1n) is 5.67. The zero-order valence-corrected chi connectivity index (χ0v) is 11.3. The summed E-state index contributed by atoms with van der Waals surface area (Å²) < 4.78 is 4.78. The van der Waals surface area contributed by atoms with Gasteiger partial charge in [0.2, 0.25) is 0 Å². The highest BCUT2D eigenvalue weighted by molar-refractivity contribution is 7.10. The van der Waals surface area contributed by atoms with Crippen molar-refractivity contribution in [3.63, 3.8) is 0 Å². The van der Waals surface area contributed by atoms with E-state index in [0.29, 0.717) is 12.5 Å². The summed E-state index contributed by atoms with van der Waals surface area (Å²) in [6, 6.07) is 1.61. The maximum absolute atomic E-state index is 11.6. The molecule has 0 radical (unpaired) electrons. The van der Waals surface area contributed by atoms with Crippen LogP contribution in [-0.2, 0) is 16.1 Å². The van der Waals surface area contributed by atoms with Gasteiger partial charge in [-0.15, -0.1) is 11.3 Å². The summed E-state index contributed by atoms with van der Waals surface area (Å²) in [6.07, 6.45) is 0.762. The van der Waals surface area contributed by atoms with Crippen LogP contribution in [0.3, 0.4) is 0 Å². The molecule has 0 spiro atoms. The molecule has 0 fully saturated rings. The van der Waals surface area contributed by atoms with Gasteiger partial charge in [-0.2, -0.15) is 0 Å². The highest BCUT2D eigenvalue weighted by Gasteiger charge is 2.20. The summed E-state index contributed by atoms with van der Waals surface area (Å²) in [6.45, 7) is 4.77. The number of nitrogen functional groups attached to an aromatic ring is 1. The van der Waals surface area contributed by atoms with Crippen molar-refractivity contribution in [2.24, 2.45) is 5.92 Å². The van der Waals surface area contributed by atoms with Gasteiger partial charge in [0.15, 0.2) is 0 Å². The van der Waals surface area contributed by atoms with Crippen molar-refractivity contribution >= 4 is 23.0 Å². The molecule has 0 aliphatic rings. The van der Waals surface area contributed by atoms with Crippen LogP contribution in [0, 0.1) is 5.92 Å². The van der Waals surface area contributed by atoms with Crippen LogP contribution in [0.1, 0.15) is 25.1 Å². The normalized spacial score (nSPS) is 12.7. The van der Waals surface area contributed by atoms with Crippen LogP contribution >= 0.6 is 11.3 Å². The quantitative estimate of drug-likeness (QED) is 0.764. The Hall–Kier alpha value is -1.07. The highest BCUT2D eigenvalue weighted by Crippen LogP contribution is 2.19. The van der Waals surface area contributed by atoms with Gasteiger partial charge in [0.1, 0.15) is 6.04 Å². The molecule has 0 aliphatic carbocycles. The topological polar surface area (TPSA) is 64.3 Å². The fourth-order valence-electron chi connectivity index (χ4n) is 1.59. The zero-order chi connectivity index (χ0) is 12.8. The first kappa shape index (κ1) is 14.0. The van der Waals surface area contributed by atoms with Crippen molar-refractivity contribution in [1.29, 1.82) is 0 Å². The van der Waals surface area contributed by atoms with Crippen LogP contribution < -0.4 is 11.1 Å². The van der Waals surface area contributed by atoms with E-state index in [1.807, 2.05) is 11.4 Å². The molecule has 3 N–H and O–H groups in total. The highest BCUT2D eigenvalue weighted by atomic mass is 32.1. The predicted molar refractivity (Wildman–Crippen MR) is 70.8 cm³/mol. The van der Waals surface area contributed by atoms with Crippen molar-refractivity contribution < 1.29 is 9.53 Å². The van der Waals surface area contributed by atoms with E-state index >= 15 is 0 Å². The molecule has 0 aromatic carbocycles. The summed E-state index contributed by atoms with van der Waals surface area (Å²) in [5.41, 5.74) is 6.56. The Balaban J connectivity index is 2.55. The minimum Gasteiger partial charge on any atom is -0.468 e. The van der Waals surface area contributed by atoms with Gasteiger partial charge in [0, 0.05) is 17.1 Å². The number of methoxy groups -OCH3 is 1. The molecule has 0 saturated carbocycles. The van der Waals surface area contributed by atoms with E-state index in [1.54, 1.807) is 11.3 Å². The Bertz CT molecular complexity index is 363. The average Bonchev–Trinajstić information content (AvgIpc) is 2.68. The second-order valence-corrected chi connectivity index (χ2v) is 5.39. The van der Waals surface area contributed by atoms with Crippen LogP contribution in [0.5, 0.6) is 0 Å². The Morgan fingerprint density at radius 1 is 1.59 bits per heavy atom. The van der Waals surface area contributed by atoms with Crippen LogP contribution in [0.2, 0.25) is 0 Å². The van der Waals surface area contributed by atoms with E-state index in [-0.39, 0.29) is 12.0 Å². The van der Waals surface area contributed by atoms with Gasteiger partial charge >= 0.3 is 5.97 Å². The van der Waals surface area contributed by atoms with Gasteiger partial charge in [-0.3, -0.25) is 10.1 Å². The van der Waals surface area contributed by atoms with Crippen LogP contribution in [0.15, 0.2) is 11.4 Å². The molecule has 17 heavy (non-hydrogen) atoms. The fourth-order valence-corrected chi connectivity index (χ4v) is 2.34. The summed E-state index contributed by atoms with van der Waals surface area (Å²) in [5, 5.41) is 5.15. The maximum Gasteiger partial charge on any atom is 0.322 e. The molecule has 0 saturated heterocycles. The van der Waals surface area contributed by atoms with Crippen molar-refractivity contribution in [2.75, 3.05) is 12.8 Å². The van der Waals surface area contributed by atoms with Gasteiger partial charge < -0.3 is 10.5 Å². The molecule has 0 bridgehead atoms. The number of anilines is 1. The lowest BCUT2D eigenvalue weighted by atomic mass is 10.0. The Morgan fingerprint density at radius 3 is 2.76 bits per heavy atom. The molecular weight excluding hydrogens is 236 g/mol. The Morgan fingerprint density at radius 2 is 2.29 bits per heavy atom. The minimum absolute atomic E-state index is 0.214. The van der Waals surface area contributed by atoms with Gasteiger partial charge in [0.05, 0.1) is 7.11 Å². The lowest BCUT2D eigenvalue weighted by Crippen LogP contribution is -2.38. The summed E-state index contributed by atoms with van der Waals surface area (Å²) >= 11 is 1.59. The monoisotopic (exact) mass is 256 g/mol. The molecule has 0 aliphatic heterocycles. The third kappa shape index (κ3) is 4.36.